The van der Waals surface area contributed by atoms with Crippen LogP contribution in [0.3, 0.4) is 0 Å². The number of hydrogen-bond acceptors (Lipinski definition) is 6. The summed E-state index contributed by atoms with van der Waals surface area (Å²) < 4.78 is 5.20. The number of hydrogen-bond donors (Lipinski definition) is 2. The van der Waals surface area contributed by atoms with Gasteiger partial charge < -0.3 is 15.4 Å². The lowest BCUT2D eigenvalue weighted by Crippen LogP contribution is -2.15. The molecule has 0 aliphatic heterocycles. The molecule has 0 saturated carbocycles. The molecular formula is C28H29N5O2. The van der Waals surface area contributed by atoms with Crippen LogP contribution in [-0.4, -0.2) is 28.0 Å². The highest BCUT2D eigenvalue weighted by molar-refractivity contribution is 6.05. The monoisotopic (exact) mass is 467 g/mol. The summed E-state index contributed by atoms with van der Waals surface area (Å²) in [6.45, 7) is 8.39. The Morgan fingerprint density at radius 2 is 1.63 bits per heavy atom. The lowest BCUT2D eigenvalue weighted by molar-refractivity contribution is 0.102. The fraction of sp³-hybridized carbons (Fsp3) is 0.214. The first-order valence-corrected chi connectivity index (χ1v) is 11.4. The number of anilines is 3. The first kappa shape index (κ1) is 23.9. The first-order valence-electron chi connectivity index (χ1n) is 11.4. The van der Waals surface area contributed by atoms with Crippen molar-refractivity contribution in [2.24, 2.45) is 0 Å². The molecule has 7 heteroatoms. The molecular weight excluding hydrogens is 438 g/mol. The van der Waals surface area contributed by atoms with Crippen LogP contribution in [0.15, 0.2) is 73.1 Å². The van der Waals surface area contributed by atoms with E-state index < -0.39 is 0 Å². The lowest BCUT2D eigenvalue weighted by atomic mass is 9.86. The first-order chi connectivity index (χ1) is 16.7. The Hall–Kier alpha value is -4.26. The lowest BCUT2D eigenvalue weighted by Gasteiger charge is -2.19. The number of amides is 1. The fourth-order valence-electron chi connectivity index (χ4n) is 3.62. The van der Waals surface area contributed by atoms with E-state index >= 15 is 0 Å². The normalized spacial score (nSPS) is 11.1. The molecule has 0 aliphatic carbocycles. The number of nitrogens with zero attached hydrogens (tertiary/aromatic N) is 3. The van der Waals surface area contributed by atoms with Crippen LogP contribution in [-0.2, 0) is 5.41 Å². The van der Waals surface area contributed by atoms with Gasteiger partial charge in [0.2, 0.25) is 5.95 Å². The van der Waals surface area contributed by atoms with Crippen LogP contribution < -0.4 is 15.4 Å². The van der Waals surface area contributed by atoms with E-state index in [2.05, 4.69) is 46.4 Å². The molecule has 2 N–H and O–H groups in total. The number of nitrogens with one attached hydrogen (secondary N) is 2. The van der Waals surface area contributed by atoms with E-state index in [1.165, 1.54) is 11.9 Å². The molecule has 35 heavy (non-hydrogen) atoms. The second-order valence-electron chi connectivity index (χ2n) is 9.25. The van der Waals surface area contributed by atoms with E-state index in [9.17, 15) is 4.79 Å². The van der Waals surface area contributed by atoms with Crippen molar-refractivity contribution in [3.63, 3.8) is 0 Å². The van der Waals surface area contributed by atoms with Crippen LogP contribution in [0.5, 0.6) is 5.75 Å². The molecule has 0 atom stereocenters. The minimum atomic E-state index is -0.164. The average molecular weight is 468 g/mol. The van der Waals surface area contributed by atoms with Crippen LogP contribution in [0, 0.1) is 6.92 Å². The van der Waals surface area contributed by atoms with E-state index in [4.69, 9.17) is 4.74 Å². The summed E-state index contributed by atoms with van der Waals surface area (Å²) in [4.78, 5) is 26.1. The second-order valence-corrected chi connectivity index (χ2v) is 9.25. The number of carbonyl (C=O) groups is 1. The molecule has 1 amide bonds. The van der Waals surface area contributed by atoms with Crippen LogP contribution in [0.1, 0.15) is 42.3 Å². The number of rotatable bonds is 6. The maximum absolute atomic E-state index is 12.9. The molecule has 0 radical (unpaired) electrons. The molecule has 3 aromatic carbocycles. The van der Waals surface area contributed by atoms with Gasteiger partial charge in [0.25, 0.3) is 5.91 Å². The van der Waals surface area contributed by atoms with Gasteiger partial charge in [0, 0.05) is 22.5 Å². The van der Waals surface area contributed by atoms with Gasteiger partial charge in [-0.1, -0.05) is 45.0 Å². The summed E-state index contributed by atoms with van der Waals surface area (Å²) in [5, 5.41) is 6.20. The summed E-state index contributed by atoms with van der Waals surface area (Å²) in [7, 11) is 1.63. The molecule has 1 aromatic heterocycles. The fourth-order valence-corrected chi connectivity index (χ4v) is 3.62. The molecule has 4 aromatic rings. The Morgan fingerprint density at radius 3 is 2.29 bits per heavy atom. The Bertz CT molecular complexity index is 1330. The summed E-state index contributed by atoms with van der Waals surface area (Å²) in [5.74, 6) is 1.54. The largest absolute Gasteiger partial charge is 0.497 e. The zero-order valence-electron chi connectivity index (χ0n) is 20.6. The Morgan fingerprint density at radius 1 is 0.914 bits per heavy atom. The Labute approximate surface area is 205 Å². The summed E-state index contributed by atoms with van der Waals surface area (Å²) >= 11 is 0. The van der Waals surface area contributed by atoms with Gasteiger partial charge >= 0.3 is 0 Å². The third kappa shape index (κ3) is 5.63. The summed E-state index contributed by atoms with van der Waals surface area (Å²) in [5.41, 5.74) is 5.04. The molecule has 0 saturated heterocycles. The Balaban J connectivity index is 1.54. The molecule has 0 fully saturated rings. The molecule has 7 nitrogen and oxygen atoms in total. The maximum Gasteiger partial charge on any atom is 0.255 e. The molecule has 0 unspecified atom stereocenters. The van der Waals surface area contributed by atoms with Crippen molar-refractivity contribution in [3.05, 3.63) is 89.7 Å². The molecule has 1 heterocycles. The topological polar surface area (TPSA) is 89.0 Å². The highest BCUT2D eigenvalue weighted by atomic mass is 16.5. The maximum atomic E-state index is 12.9. The van der Waals surface area contributed by atoms with Crippen molar-refractivity contribution in [1.82, 2.24) is 15.0 Å². The van der Waals surface area contributed by atoms with E-state index in [-0.39, 0.29) is 11.3 Å². The Kier molecular flexibility index (Phi) is 6.78. The molecule has 0 bridgehead atoms. The van der Waals surface area contributed by atoms with Gasteiger partial charge in [-0.25, -0.2) is 9.97 Å². The van der Waals surface area contributed by atoms with E-state index in [0.717, 1.165) is 22.6 Å². The third-order valence-corrected chi connectivity index (χ3v) is 5.75. The SMILES string of the molecule is COc1ccc(Nc2ncnc(-c3cccc(NC(=O)c4ccc(C(C)(C)C)cc4)c3C)n2)cc1. The summed E-state index contributed by atoms with van der Waals surface area (Å²) in [6, 6.07) is 20.9. The molecule has 4 rings (SSSR count). The van der Waals surface area contributed by atoms with Crippen LogP contribution in [0.2, 0.25) is 0 Å². The van der Waals surface area contributed by atoms with Crippen molar-refractivity contribution in [2.45, 2.75) is 33.1 Å². The van der Waals surface area contributed by atoms with Crippen LogP contribution in [0.25, 0.3) is 11.4 Å². The van der Waals surface area contributed by atoms with Gasteiger partial charge in [-0.05, 0) is 65.9 Å². The van der Waals surface area contributed by atoms with Gasteiger partial charge in [-0.15, -0.1) is 0 Å². The zero-order chi connectivity index (χ0) is 25.0. The number of ether oxygens (including phenoxy) is 1. The quantitative estimate of drug-likeness (QED) is 0.354. The van der Waals surface area contributed by atoms with E-state index in [0.29, 0.717) is 23.0 Å². The van der Waals surface area contributed by atoms with Crippen molar-refractivity contribution < 1.29 is 9.53 Å². The van der Waals surface area contributed by atoms with Crippen molar-refractivity contribution >= 4 is 23.2 Å². The minimum Gasteiger partial charge on any atom is -0.497 e. The van der Waals surface area contributed by atoms with Gasteiger partial charge in [0.15, 0.2) is 5.82 Å². The standard InChI is InChI=1S/C28H29N5O2/c1-18-23(25-29-17-30-27(33-25)31-21-13-15-22(35-5)16-14-21)7-6-8-24(18)32-26(34)19-9-11-20(12-10-19)28(2,3)4/h6-17H,1-5H3,(H,32,34)(H,29,30,31,33). The van der Waals surface area contributed by atoms with Gasteiger partial charge in [0.05, 0.1) is 7.11 Å². The molecule has 0 aliphatic rings. The van der Waals surface area contributed by atoms with Gasteiger partial charge in [-0.2, -0.15) is 4.98 Å². The van der Waals surface area contributed by atoms with Gasteiger partial charge in [0.1, 0.15) is 12.1 Å². The van der Waals surface area contributed by atoms with Crippen LogP contribution in [0.4, 0.5) is 17.3 Å². The number of methoxy groups -OCH3 is 1. The van der Waals surface area contributed by atoms with Crippen molar-refractivity contribution in [3.8, 4) is 17.1 Å². The van der Waals surface area contributed by atoms with Crippen molar-refractivity contribution in [1.29, 1.82) is 0 Å². The van der Waals surface area contributed by atoms with Gasteiger partial charge in [-0.3, -0.25) is 4.79 Å². The van der Waals surface area contributed by atoms with Crippen molar-refractivity contribution in [2.75, 3.05) is 17.7 Å². The molecule has 0 spiro atoms. The predicted molar refractivity (Wildman–Crippen MR) is 139 cm³/mol. The predicted octanol–water partition coefficient (Wildman–Crippen LogP) is 6.15. The van der Waals surface area contributed by atoms with E-state index in [1.807, 2.05) is 73.7 Å². The minimum absolute atomic E-state index is 0.0333. The summed E-state index contributed by atoms with van der Waals surface area (Å²) in [6.07, 6.45) is 1.47. The second kappa shape index (κ2) is 9.93. The van der Waals surface area contributed by atoms with Crippen LogP contribution >= 0.6 is 0 Å². The number of aromatic nitrogens is 3. The smallest absolute Gasteiger partial charge is 0.255 e. The molecule has 178 valence electrons. The van der Waals surface area contributed by atoms with E-state index in [1.54, 1.807) is 7.11 Å². The highest BCUT2D eigenvalue weighted by Crippen LogP contribution is 2.28. The average Bonchev–Trinajstić information content (AvgIpc) is 2.85. The third-order valence-electron chi connectivity index (χ3n) is 5.75. The number of benzene rings is 3. The highest BCUT2D eigenvalue weighted by Gasteiger charge is 2.16. The number of carbonyl (C=O) groups excluding carboxylic acids is 1. The zero-order valence-corrected chi connectivity index (χ0v) is 20.6.